The minimum absolute atomic E-state index is 0. The van der Waals surface area contributed by atoms with Gasteiger partial charge in [0.05, 0.1) is 12.6 Å². The normalized spacial score (nSPS) is 12.7. The molecular weight excluding hydrogens is 403 g/mol. The smallest absolute Gasteiger partial charge is 0.191 e. The van der Waals surface area contributed by atoms with Crippen LogP contribution in [0, 0.1) is 0 Å². The van der Waals surface area contributed by atoms with E-state index in [0.29, 0.717) is 0 Å². The number of halogens is 1. The monoisotopic (exact) mass is 434 g/mol. The Morgan fingerprint density at radius 1 is 1.26 bits per heavy atom. The molecule has 0 heterocycles. The molecule has 1 rings (SSSR count). The molecule has 1 atom stereocenters. The highest BCUT2D eigenvalue weighted by Crippen LogP contribution is 2.10. The molecule has 0 radical (unpaired) electrons. The second kappa shape index (κ2) is 13.6. The molecule has 2 N–H and O–H groups in total. The third kappa shape index (κ3) is 9.78. The van der Waals surface area contributed by atoms with Gasteiger partial charge >= 0.3 is 0 Å². The first-order valence-electron chi connectivity index (χ1n) is 7.87. The molecule has 132 valence electrons. The molecular formula is C17H31IN4O. The molecule has 1 aromatic carbocycles. The van der Waals surface area contributed by atoms with Crippen molar-refractivity contribution >= 4 is 29.9 Å². The van der Waals surface area contributed by atoms with Gasteiger partial charge < -0.3 is 20.3 Å². The van der Waals surface area contributed by atoms with Crippen LogP contribution in [0.25, 0.3) is 0 Å². The number of nitrogens with zero attached hydrogens (tertiary/aromatic N) is 2. The van der Waals surface area contributed by atoms with Crippen molar-refractivity contribution in [3.05, 3.63) is 35.9 Å². The molecule has 0 bridgehead atoms. The van der Waals surface area contributed by atoms with Crippen LogP contribution >= 0.6 is 24.0 Å². The number of hydrogen-bond donors (Lipinski definition) is 2. The van der Waals surface area contributed by atoms with Crippen LogP contribution in [0.5, 0.6) is 0 Å². The van der Waals surface area contributed by atoms with E-state index in [1.54, 1.807) is 14.2 Å². The van der Waals surface area contributed by atoms with E-state index in [0.717, 1.165) is 38.6 Å². The fourth-order valence-corrected chi connectivity index (χ4v) is 2.14. The molecule has 6 heteroatoms. The minimum Gasteiger partial charge on any atom is -0.383 e. The fourth-order valence-electron chi connectivity index (χ4n) is 2.14. The van der Waals surface area contributed by atoms with Crippen molar-refractivity contribution in [3.8, 4) is 0 Å². The molecule has 0 fully saturated rings. The van der Waals surface area contributed by atoms with Gasteiger partial charge in [-0.1, -0.05) is 30.3 Å². The van der Waals surface area contributed by atoms with Crippen molar-refractivity contribution in [3.63, 3.8) is 0 Å². The molecule has 0 saturated heterocycles. The molecule has 0 aliphatic rings. The summed E-state index contributed by atoms with van der Waals surface area (Å²) in [5.41, 5.74) is 1.25. The van der Waals surface area contributed by atoms with E-state index < -0.39 is 0 Å². The number of benzene rings is 1. The number of aliphatic imine (C=N–C) groups is 1. The zero-order valence-corrected chi connectivity index (χ0v) is 17.0. The second-order valence-corrected chi connectivity index (χ2v) is 5.43. The highest BCUT2D eigenvalue weighted by Gasteiger charge is 2.06. The quantitative estimate of drug-likeness (QED) is 0.272. The third-order valence-electron chi connectivity index (χ3n) is 3.56. The highest BCUT2D eigenvalue weighted by molar-refractivity contribution is 14.0. The van der Waals surface area contributed by atoms with Gasteiger partial charge in [-0.3, -0.25) is 4.99 Å². The van der Waals surface area contributed by atoms with Crippen molar-refractivity contribution in [2.75, 3.05) is 47.4 Å². The summed E-state index contributed by atoms with van der Waals surface area (Å²) in [6, 6.07) is 10.6. The zero-order chi connectivity index (χ0) is 16.2. The van der Waals surface area contributed by atoms with E-state index in [2.05, 4.69) is 58.8 Å². The number of likely N-dealkylation sites (N-methyl/N-ethyl adjacent to an activating group) is 1. The first-order valence-corrected chi connectivity index (χ1v) is 7.87. The highest BCUT2D eigenvalue weighted by atomic mass is 127. The Morgan fingerprint density at radius 2 is 1.96 bits per heavy atom. The lowest BCUT2D eigenvalue weighted by molar-refractivity contribution is 0.161. The average molecular weight is 434 g/mol. The Bertz CT molecular complexity index is 428. The van der Waals surface area contributed by atoms with Crippen LogP contribution in [0.4, 0.5) is 0 Å². The first kappa shape index (κ1) is 22.1. The summed E-state index contributed by atoms with van der Waals surface area (Å²) in [6.07, 6.45) is 1.07. The summed E-state index contributed by atoms with van der Waals surface area (Å²) >= 11 is 0. The molecule has 0 aliphatic heterocycles. The summed E-state index contributed by atoms with van der Waals surface area (Å²) in [4.78, 5) is 6.55. The maximum absolute atomic E-state index is 5.07. The molecule has 0 spiro atoms. The number of nitrogens with one attached hydrogen (secondary N) is 2. The van der Waals surface area contributed by atoms with Crippen LogP contribution in [0.2, 0.25) is 0 Å². The predicted octanol–water partition coefficient (Wildman–Crippen LogP) is 2.50. The van der Waals surface area contributed by atoms with Gasteiger partial charge in [0.15, 0.2) is 5.96 Å². The zero-order valence-electron chi connectivity index (χ0n) is 14.7. The van der Waals surface area contributed by atoms with Crippen molar-refractivity contribution in [1.29, 1.82) is 0 Å². The van der Waals surface area contributed by atoms with E-state index in [-0.39, 0.29) is 30.0 Å². The lowest BCUT2D eigenvalue weighted by Crippen LogP contribution is -2.39. The molecule has 23 heavy (non-hydrogen) atoms. The van der Waals surface area contributed by atoms with Crippen LogP contribution in [0.15, 0.2) is 35.3 Å². The van der Waals surface area contributed by atoms with Gasteiger partial charge in [0.1, 0.15) is 0 Å². The first-order chi connectivity index (χ1) is 10.7. The summed E-state index contributed by atoms with van der Waals surface area (Å²) in [6.45, 7) is 5.83. The standard InChI is InChI=1S/C17H30N4O.HI/c1-15(16-9-6-5-7-10-16)20-17(18-2)19-11-8-12-21(3)13-14-22-4;/h5-7,9-10,15H,8,11-14H2,1-4H3,(H2,18,19,20);1H. The number of hydrogen-bond acceptors (Lipinski definition) is 3. The number of methoxy groups -OCH3 is 1. The van der Waals surface area contributed by atoms with E-state index in [4.69, 9.17) is 4.74 Å². The summed E-state index contributed by atoms with van der Waals surface area (Å²) < 4.78 is 5.07. The van der Waals surface area contributed by atoms with Gasteiger partial charge in [-0.05, 0) is 32.5 Å². The Morgan fingerprint density at radius 3 is 2.57 bits per heavy atom. The maximum Gasteiger partial charge on any atom is 0.191 e. The van der Waals surface area contributed by atoms with Crippen molar-refractivity contribution in [1.82, 2.24) is 15.5 Å². The van der Waals surface area contributed by atoms with Gasteiger partial charge in [0.25, 0.3) is 0 Å². The van der Waals surface area contributed by atoms with E-state index in [9.17, 15) is 0 Å². The lowest BCUT2D eigenvalue weighted by Gasteiger charge is -2.19. The maximum atomic E-state index is 5.07. The second-order valence-electron chi connectivity index (χ2n) is 5.43. The van der Waals surface area contributed by atoms with Crippen LogP contribution < -0.4 is 10.6 Å². The lowest BCUT2D eigenvalue weighted by atomic mass is 10.1. The number of rotatable bonds is 9. The van der Waals surface area contributed by atoms with Crippen LogP contribution in [-0.4, -0.2) is 58.3 Å². The Kier molecular flexibility index (Phi) is 13.1. The molecule has 1 unspecified atom stereocenters. The Hall–Kier alpha value is -0.860. The molecule has 5 nitrogen and oxygen atoms in total. The van der Waals surface area contributed by atoms with Gasteiger partial charge in [0.2, 0.25) is 0 Å². The molecule has 0 saturated carbocycles. The van der Waals surface area contributed by atoms with Gasteiger partial charge in [0, 0.05) is 27.2 Å². The average Bonchev–Trinajstić information content (AvgIpc) is 2.56. The van der Waals surface area contributed by atoms with Gasteiger partial charge in [-0.15, -0.1) is 24.0 Å². The van der Waals surface area contributed by atoms with E-state index in [1.165, 1.54) is 5.56 Å². The Balaban J connectivity index is 0.00000484. The summed E-state index contributed by atoms with van der Waals surface area (Å²) in [7, 11) is 5.65. The van der Waals surface area contributed by atoms with Gasteiger partial charge in [-0.25, -0.2) is 0 Å². The summed E-state index contributed by atoms with van der Waals surface area (Å²) in [5.74, 6) is 0.843. The van der Waals surface area contributed by atoms with E-state index >= 15 is 0 Å². The number of ether oxygens (including phenoxy) is 1. The third-order valence-corrected chi connectivity index (χ3v) is 3.56. The van der Waals surface area contributed by atoms with Crippen LogP contribution in [-0.2, 0) is 4.74 Å². The SMILES string of the molecule is CN=C(NCCCN(C)CCOC)NC(C)c1ccccc1.I. The topological polar surface area (TPSA) is 48.9 Å². The van der Waals surface area contributed by atoms with Crippen molar-refractivity contribution < 1.29 is 4.74 Å². The largest absolute Gasteiger partial charge is 0.383 e. The molecule has 1 aromatic rings. The van der Waals surface area contributed by atoms with Crippen LogP contribution in [0.3, 0.4) is 0 Å². The number of guanidine groups is 1. The van der Waals surface area contributed by atoms with Gasteiger partial charge in [-0.2, -0.15) is 0 Å². The summed E-state index contributed by atoms with van der Waals surface area (Å²) in [5, 5.41) is 6.77. The Labute approximate surface area is 157 Å². The van der Waals surface area contributed by atoms with Crippen molar-refractivity contribution in [2.24, 2.45) is 4.99 Å². The van der Waals surface area contributed by atoms with E-state index in [1.807, 2.05) is 6.07 Å². The molecule has 0 amide bonds. The minimum atomic E-state index is 0. The van der Waals surface area contributed by atoms with Crippen LogP contribution in [0.1, 0.15) is 24.9 Å². The molecule has 0 aliphatic carbocycles. The molecule has 0 aromatic heterocycles. The predicted molar refractivity (Wildman–Crippen MR) is 109 cm³/mol. The fraction of sp³-hybridized carbons (Fsp3) is 0.588. The van der Waals surface area contributed by atoms with Crippen molar-refractivity contribution in [2.45, 2.75) is 19.4 Å².